The summed E-state index contributed by atoms with van der Waals surface area (Å²) in [5, 5.41) is 7.58. The molecule has 0 spiro atoms. The largest absolute Gasteiger partial charge is 0.342 e. The number of thiazole rings is 1. The lowest BCUT2D eigenvalue weighted by Gasteiger charge is -2.31. The maximum atomic E-state index is 12.4. The third-order valence-corrected chi connectivity index (χ3v) is 6.26. The van der Waals surface area contributed by atoms with Gasteiger partial charge in [-0.15, -0.1) is 22.7 Å². The van der Waals surface area contributed by atoms with Crippen LogP contribution in [0.1, 0.15) is 25.7 Å². The minimum atomic E-state index is -0.0256. The summed E-state index contributed by atoms with van der Waals surface area (Å²) >= 11 is 3.10. The summed E-state index contributed by atoms with van der Waals surface area (Å²) in [7, 11) is 0. The summed E-state index contributed by atoms with van der Waals surface area (Å²) in [6.07, 6.45) is 3.56. The normalized spacial score (nSPS) is 18.6. The van der Waals surface area contributed by atoms with E-state index in [1.54, 1.807) is 11.3 Å². The lowest BCUT2D eigenvalue weighted by atomic mass is 9.95. The predicted molar refractivity (Wildman–Crippen MR) is 96.1 cm³/mol. The predicted octanol–water partition coefficient (Wildman–Crippen LogP) is 3.46. The van der Waals surface area contributed by atoms with Gasteiger partial charge in [-0.2, -0.15) is 0 Å². The molecular weight excluding hydrogens is 342 g/mol. The molecule has 0 radical (unpaired) electrons. The molecule has 126 valence electrons. The first-order chi connectivity index (χ1) is 11.7. The molecule has 2 amide bonds. The topological polar surface area (TPSA) is 62.3 Å². The number of piperidine rings is 1. The number of rotatable bonds is 4. The first-order valence-corrected chi connectivity index (χ1v) is 10.1. The van der Waals surface area contributed by atoms with Gasteiger partial charge in [-0.05, 0) is 37.1 Å². The fraction of sp³-hybridized carbons (Fsp3) is 0.471. The van der Waals surface area contributed by atoms with E-state index in [2.05, 4.69) is 10.3 Å². The third kappa shape index (κ3) is 3.37. The molecule has 0 unspecified atom stereocenters. The number of amides is 2. The van der Waals surface area contributed by atoms with Crippen molar-refractivity contribution in [1.82, 2.24) is 9.88 Å². The summed E-state index contributed by atoms with van der Waals surface area (Å²) in [4.78, 5) is 32.0. The fourth-order valence-electron chi connectivity index (χ4n) is 3.03. The first kappa shape index (κ1) is 15.8. The zero-order chi connectivity index (χ0) is 16.5. The number of anilines is 1. The van der Waals surface area contributed by atoms with E-state index in [1.807, 2.05) is 27.8 Å². The van der Waals surface area contributed by atoms with Gasteiger partial charge in [0, 0.05) is 30.3 Å². The zero-order valence-corrected chi connectivity index (χ0v) is 14.9. The van der Waals surface area contributed by atoms with E-state index in [1.165, 1.54) is 11.3 Å². The van der Waals surface area contributed by atoms with E-state index in [4.69, 9.17) is 0 Å². The summed E-state index contributed by atoms with van der Waals surface area (Å²) in [6.45, 7) is 1.40. The number of likely N-dealkylation sites (tertiary alicyclic amines) is 1. The van der Waals surface area contributed by atoms with Gasteiger partial charge in [-0.1, -0.05) is 6.07 Å². The molecule has 0 bridgehead atoms. The van der Waals surface area contributed by atoms with Gasteiger partial charge in [0.2, 0.25) is 11.8 Å². The van der Waals surface area contributed by atoms with Crippen LogP contribution in [0.3, 0.4) is 0 Å². The van der Waals surface area contributed by atoms with Crippen molar-refractivity contribution in [1.29, 1.82) is 0 Å². The minimum Gasteiger partial charge on any atom is -0.342 e. The molecule has 2 aromatic rings. The highest BCUT2D eigenvalue weighted by molar-refractivity contribution is 7.16. The quantitative estimate of drug-likeness (QED) is 0.907. The van der Waals surface area contributed by atoms with Gasteiger partial charge in [0.05, 0.1) is 10.6 Å². The smallest absolute Gasteiger partial charge is 0.229 e. The molecule has 1 saturated heterocycles. The van der Waals surface area contributed by atoms with Gasteiger partial charge in [0.25, 0.3) is 0 Å². The minimum absolute atomic E-state index is 0.0256. The summed E-state index contributed by atoms with van der Waals surface area (Å²) < 4.78 is 0. The Kier molecular flexibility index (Phi) is 4.37. The molecule has 1 aliphatic carbocycles. The van der Waals surface area contributed by atoms with Crippen LogP contribution in [0.5, 0.6) is 0 Å². The standard InChI is InChI=1S/C17H19N3O2S2/c21-15(11-5-7-20(8-6-11)16(22)12-3-4-12)19-17-18-13(10-24-17)14-2-1-9-23-14/h1-2,9-12H,3-8H2,(H,18,19,21). The van der Waals surface area contributed by atoms with Crippen molar-refractivity contribution in [2.45, 2.75) is 25.7 Å². The highest BCUT2D eigenvalue weighted by Crippen LogP contribution is 2.33. The van der Waals surface area contributed by atoms with Gasteiger partial charge >= 0.3 is 0 Å². The Labute approximate surface area is 148 Å². The molecule has 1 N–H and O–H groups in total. The molecule has 0 aromatic carbocycles. The molecule has 2 fully saturated rings. The van der Waals surface area contributed by atoms with Gasteiger partial charge in [-0.3, -0.25) is 9.59 Å². The van der Waals surface area contributed by atoms with Crippen molar-refractivity contribution in [2.24, 2.45) is 11.8 Å². The van der Waals surface area contributed by atoms with Gasteiger partial charge in [0.15, 0.2) is 5.13 Å². The molecule has 0 atom stereocenters. The second-order valence-corrected chi connectivity index (χ2v) is 8.18. The van der Waals surface area contributed by atoms with Crippen LogP contribution in [0.4, 0.5) is 5.13 Å². The van der Waals surface area contributed by atoms with Crippen molar-refractivity contribution in [3.05, 3.63) is 22.9 Å². The van der Waals surface area contributed by atoms with Crippen molar-refractivity contribution in [3.8, 4) is 10.6 Å². The first-order valence-electron chi connectivity index (χ1n) is 8.30. The van der Waals surface area contributed by atoms with Crippen LogP contribution in [0, 0.1) is 11.8 Å². The van der Waals surface area contributed by atoms with E-state index in [-0.39, 0.29) is 23.7 Å². The summed E-state index contributed by atoms with van der Waals surface area (Å²) in [6, 6.07) is 4.02. The summed E-state index contributed by atoms with van der Waals surface area (Å²) in [5.74, 6) is 0.554. The zero-order valence-electron chi connectivity index (χ0n) is 13.2. The second kappa shape index (κ2) is 6.64. The van der Waals surface area contributed by atoms with Crippen LogP contribution >= 0.6 is 22.7 Å². The number of nitrogens with zero attached hydrogens (tertiary/aromatic N) is 2. The Balaban J connectivity index is 1.31. The Morgan fingerprint density at radius 2 is 1.92 bits per heavy atom. The van der Waals surface area contributed by atoms with Crippen LogP contribution in [-0.2, 0) is 9.59 Å². The van der Waals surface area contributed by atoms with Crippen LogP contribution in [0.15, 0.2) is 22.9 Å². The maximum absolute atomic E-state index is 12.4. The molecule has 2 aromatic heterocycles. The highest BCUT2D eigenvalue weighted by atomic mass is 32.1. The molecule has 1 aliphatic heterocycles. The SMILES string of the molecule is O=C(Nc1nc(-c2cccs2)cs1)C1CCN(C(=O)C2CC2)CC1. The molecule has 2 aliphatic rings. The lowest BCUT2D eigenvalue weighted by Crippen LogP contribution is -2.42. The maximum Gasteiger partial charge on any atom is 0.229 e. The number of nitrogens with one attached hydrogen (secondary N) is 1. The number of hydrogen-bond acceptors (Lipinski definition) is 5. The van der Waals surface area contributed by atoms with E-state index in [0.29, 0.717) is 18.2 Å². The molecule has 5 nitrogen and oxygen atoms in total. The average Bonchev–Trinajstić information content (AvgIpc) is 3.10. The number of hydrogen-bond donors (Lipinski definition) is 1. The number of carbonyl (C=O) groups is 2. The fourth-order valence-corrected chi connectivity index (χ4v) is 4.50. The molecule has 1 saturated carbocycles. The Morgan fingerprint density at radius 3 is 2.58 bits per heavy atom. The lowest BCUT2D eigenvalue weighted by molar-refractivity contribution is -0.135. The van der Waals surface area contributed by atoms with Crippen LogP contribution in [-0.4, -0.2) is 34.8 Å². The molecular formula is C17H19N3O2S2. The van der Waals surface area contributed by atoms with E-state index < -0.39 is 0 Å². The highest BCUT2D eigenvalue weighted by Gasteiger charge is 2.36. The Morgan fingerprint density at radius 1 is 1.12 bits per heavy atom. The van der Waals surface area contributed by atoms with Crippen molar-refractivity contribution < 1.29 is 9.59 Å². The van der Waals surface area contributed by atoms with Crippen molar-refractivity contribution >= 4 is 39.6 Å². The molecule has 7 heteroatoms. The molecule has 24 heavy (non-hydrogen) atoms. The monoisotopic (exact) mass is 361 g/mol. The van der Waals surface area contributed by atoms with Crippen LogP contribution in [0.2, 0.25) is 0 Å². The number of aromatic nitrogens is 1. The molecule has 4 rings (SSSR count). The number of carbonyl (C=O) groups excluding carboxylic acids is 2. The van der Waals surface area contributed by atoms with Gasteiger partial charge in [-0.25, -0.2) is 4.98 Å². The van der Waals surface area contributed by atoms with E-state index >= 15 is 0 Å². The van der Waals surface area contributed by atoms with E-state index in [9.17, 15) is 9.59 Å². The van der Waals surface area contributed by atoms with Crippen LogP contribution < -0.4 is 5.32 Å². The molecule has 3 heterocycles. The van der Waals surface area contributed by atoms with Crippen molar-refractivity contribution in [3.63, 3.8) is 0 Å². The van der Waals surface area contributed by atoms with Crippen molar-refractivity contribution in [2.75, 3.05) is 18.4 Å². The third-order valence-electron chi connectivity index (χ3n) is 4.61. The second-order valence-electron chi connectivity index (χ2n) is 6.38. The average molecular weight is 361 g/mol. The van der Waals surface area contributed by atoms with E-state index in [0.717, 1.165) is 36.3 Å². The van der Waals surface area contributed by atoms with Crippen LogP contribution in [0.25, 0.3) is 10.6 Å². The van der Waals surface area contributed by atoms with Gasteiger partial charge < -0.3 is 10.2 Å². The summed E-state index contributed by atoms with van der Waals surface area (Å²) in [5.41, 5.74) is 0.912. The Bertz CT molecular complexity index is 729. The number of thiophene rings is 1. The Hall–Kier alpha value is -1.73. The van der Waals surface area contributed by atoms with Gasteiger partial charge in [0.1, 0.15) is 0 Å².